The van der Waals surface area contributed by atoms with Crippen LogP contribution in [0.15, 0.2) is 96.4 Å². The van der Waals surface area contributed by atoms with E-state index in [0.29, 0.717) is 0 Å². The van der Waals surface area contributed by atoms with Crippen LogP contribution in [-0.2, 0) is 34.3 Å². The third-order valence-corrected chi connectivity index (χ3v) is 11.7. The van der Waals surface area contributed by atoms with E-state index < -0.39 is 104 Å². The molecule has 4 aromatic carbocycles. The number of hydrogen-bond donors (Lipinski definition) is 4. The molecule has 2 aliphatic heterocycles. The number of aliphatic hydroxyl groups is 2. The molecule has 4 aromatic rings. The Morgan fingerprint density at radius 2 is 0.766 bits per heavy atom. The molecular formula is C44H35F12N2NaO5. The molecule has 2 saturated carbocycles. The van der Waals surface area contributed by atoms with Crippen LogP contribution in [0.1, 0.15) is 72.9 Å². The molecule has 0 aromatic heterocycles. The van der Waals surface area contributed by atoms with Crippen molar-refractivity contribution in [1.82, 2.24) is 10.6 Å². The molecule has 0 bridgehead atoms. The molecule has 0 spiro atoms. The monoisotopic (exact) mass is 922 g/mol. The van der Waals surface area contributed by atoms with Crippen molar-refractivity contribution in [1.29, 1.82) is 0 Å². The average Bonchev–Trinajstić information content (AvgIpc) is 4.11. The maximum atomic E-state index is 13.9. The van der Waals surface area contributed by atoms with Gasteiger partial charge >= 0.3 is 54.3 Å². The van der Waals surface area contributed by atoms with E-state index in [1.54, 1.807) is 13.8 Å². The van der Waals surface area contributed by atoms with E-state index in [1.165, 1.54) is 12.1 Å². The van der Waals surface area contributed by atoms with E-state index in [-0.39, 0.29) is 69.1 Å². The number of benzene rings is 4. The molecule has 2 atom stereocenters. The van der Waals surface area contributed by atoms with Gasteiger partial charge in [-0.05, 0) is 110 Å². The van der Waals surface area contributed by atoms with Crippen molar-refractivity contribution in [2.75, 3.05) is 0 Å². The summed E-state index contributed by atoms with van der Waals surface area (Å²) in [6, 6.07) is 13.8. The van der Waals surface area contributed by atoms with Crippen molar-refractivity contribution in [3.8, 4) is 22.3 Å². The Hall–Kier alpha value is -4.98. The fourth-order valence-corrected chi connectivity index (χ4v) is 7.92. The van der Waals surface area contributed by atoms with Gasteiger partial charge < -0.3 is 26.3 Å². The first kappa shape index (κ1) is 50.0. The fraction of sp³-hybridized carbons (Fsp3) is 0.318. The van der Waals surface area contributed by atoms with E-state index >= 15 is 0 Å². The summed E-state index contributed by atoms with van der Waals surface area (Å²) in [5, 5.41) is 26.5. The van der Waals surface area contributed by atoms with Crippen molar-refractivity contribution in [3.05, 3.63) is 130 Å². The molecule has 2 heterocycles. The van der Waals surface area contributed by atoms with E-state index in [2.05, 4.69) is 10.6 Å². The topological polar surface area (TPSA) is 129 Å². The van der Waals surface area contributed by atoms with Crippen molar-refractivity contribution in [2.24, 2.45) is 11.8 Å². The Labute approximate surface area is 378 Å². The Balaban J connectivity index is 0.000000234. The van der Waals surface area contributed by atoms with Gasteiger partial charge in [0, 0.05) is 11.1 Å². The molecule has 2 amide bonds. The maximum absolute atomic E-state index is 13.9. The predicted molar refractivity (Wildman–Crippen MR) is 203 cm³/mol. The molecule has 5 N–H and O–H groups in total. The van der Waals surface area contributed by atoms with Crippen molar-refractivity contribution in [2.45, 2.75) is 75.3 Å². The van der Waals surface area contributed by atoms with Gasteiger partial charge in [0.15, 0.2) is 0 Å². The summed E-state index contributed by atoms with van der Waals surface area (Å²) in [5.41, 5.74) is -7.77. The smallest absolute Gasteiger partial charge is 0.870 e. The minimum atomic E-state index is -4.86. The maximum Gasteiger partial charge on any atom is 1.00 e. The second kappa shape index (κ2) is 17.1. The first-order valence-corrected chi connectivity index (χ1v) is 19.0. The Morgan fingerprint density at radius 3 is 1.02 bits per heavy atom. The quantitative estimate of drug-likeness (QED) is 0.114. The number of halogens is 12. The van der Waals surface area contributed by atoms with Crippen LogP contribution in [-0.4, -0.2) is 38.6 Å². The summed E-state index contributed by atoms with van der Waals surface area (Å²) >= 11 is 0. The molecule has 4 aliphatic rings. The number of carbonyl (C=O) groups is 2. The third-order valence-electron chi connectivity index (χ3n) is 11.7. The van der Waals surface area contributed by atoms with Crippen LogP contribution in [0.5, 0.6) is 0 Å². The fourth-order valence-electron chi connectivity index (χ4n) is 7.92. The molecule has 0 saturated heterocycles. The summed E-state index contributed by atoms with van der Waals surface area (Å²) in [7, 11) is 0. The zero-order valence-electron chi connectivity index (χ0n) is 33.8. The van der Waals surface area contributed by atoms with Gasteiger partial charge in [-0.2, -0.15) is 52.7 Å². The second-order valence-electron chi connectivity index (χ2n) is 16.0. The van der Waals surface area contributed by atoms with Gasteiger partial charge in [0.2, 0.25) is 0 Å². The first-order chi connectivity index (χ1) is 28.6. The number of aliphatic hydroxyl groups excluding tert-OH is 2. The molecule has 2 aliphatic carbocycles. The molecule has 0 radical (unpaired) electrons. The SMILES string of the molecule is CC1(C2CC2)NC(=O)C(c2ccc(-c3ccc(C(F)(F)F)cc3)cc2C(F)(F)F)=C1O.CC1(C2CC2)NC(=O)C(c2ccc(-c3ccc(C(F)(F)F)cc3)cc2C(F)(F)F)=C1O.[Na+].[OH-]. The summed E-state index contributed by atoms with van der Waals surface area (Å²) in [6.07, 6.45) is -15.9. The van der Waals surface area contributed by atoms with Crippen LogP contribution in [0.25, 0.3) is 33.4 Å². The van der Waals surface area contributed by atoms with Crippen LogP contribution >= 0.6 is 0 Å². The van der Waals surface area contributed by atoms with Gasteiger partial charge in [0.1, 0.15) is 11.5 Å². The predicted octanol–water partition coefficient (Wildman–Crippen LogP) is 8.74. The minimum absolute atomic E-state index is 0. The van der Waals surface area contributed by atoms with E-state index in [1.807, 2.05) is 0 Å². The third kappa shape index (κ3) is 9.53. The van der Waals surface area contributed by atoms with Gasteiger partial charge in [0.25, 0.3) is 11.8 Å². The molecule has 7 nitrogen and oxygen atoms in total. The normalized spacial score (nSPS) is 21.4. The number of alkyl halides is 12. The van der Waals surface area contributed by atoms with E-state index in [4.69, 9.17) is 0 Å². The van der Waals surface area contributed by atoms with Crippen LogP contribution in [0, 0.1) is 11.8 Å². The number of amides is 2. The van der Waals surface area contributed by atoms with Crippen molar-refractivity contribution >= 4 is 23.0 Å². The molecule has 8 rings (SSSR count). The molecule has 64 heavy (non-hydrogen) atoms. The van der Waals surface area contributed by atoms with Crippen LogP contribution in [0.3, 0.4) is 0 Å². The Kier molecular flexibility index (Phi) is 13.4. The van der Waals surface area contributed by atoms with Gasteiger partial charge in [0.05, 0.1) is 44.5 Å². The largest absolute Gasteiger partial charge is 1.00 e. The Morgan fingerprint density at radius 1 is 0.484 bits per heavy atom. The summed E-state index contributed by atoms with van der Waals surface area (Å²) in [4.78, 5) is 25.0. The van der Waals surface area contributed by atoms with E-state index in [9.17, 15) is 72.5 Å². The zero-order valence-corrected chi connectivity index (χ0v) is 35.8. The summed E-state index contributed by atoms with van der Waals surface area (Å²) < 4.78 is 160. The van der Waals surface area contributed by atoms with E-state index in [0.717, 1.165) is 98.5 Å². The zero-order chi connectivity index (χ0) is 45.5. The molecule has 20 heteroatoms. The summed E-state index contributed by atoms with van der Waals surface area (Å²) in [6.45, 7) is 3.16. The number of carbonyl (C=O) groups excluding carboxylic acids is 2. The van der Waals surface area contributed by atoms with Crippen molar-refractivity contribution < 1.29 is 108 Å². The number of nitrogens with one attached hydrogen (secondary N) is 2. The molecule has 336 valence electrons. The van der Waals surface area contributed by atoms with Gasteiger partial charge in [-0.1, -0.05) is 48.5 Å². The summed E-state index contributed by atoms with van der Waals surface area (Å²) in [5.74, 6) is -2.52. The standard InChI is InChI=1S/2C22H17F6NO2.Na.H2O/c2*1-20(13-7-8-13)18(30)17(19(31)29-20)15-9-4-12(10-16(15)22(26,27)28)11-2-5-14(6-3-11)21(23,24)25;;/h2*2-6,9-10,13,30H,7-8H2,1H3,(H,29,31);;1H2/q;;+1;/p-1. The average molecular weight is 923 g/mol. The van der Waals surface area contributed by atoms with Gasteiger partial charge in [-0.25, -0.2) is 0 Å². The number of hydrogen-bond acceptors (Lipinski definition) is 5. The van der Waals surface area contributed by atoms with Crippen LogP contribution < -0.4 is 40.2 Å². The minimum Gasteiger partial charge on any atom is -0.870 e. The molecular weight excluding hydrogens is 887 g/mol. The first-order valence-electron chi connectivity index (χ1n) is 19.0. The van der Waals surface area contributed by atoms with Gasteiger partial charge in [-0.3, -0.25) is 9.59 Å². The Bertz CT molecular complexity index is 2350. The second-order valence-corrected chi connectivity index (χ2v) is 16.0. The van der Waals surface area contributed by atoms with Crippen LogP contribution in [0.4, 0.5) is 52.7 Å². The molecule has 2 unspecified atom stereocenters. The molecule has 2 fully saturated rings. The van der Waals surface area contributed by atoms with Crippen LogP contribution in [0.2, 0.25) is 0 Å². The number of rotatable bonds is 6. The van der Waals surface area contributed by atoms with Gasteiger partial charge in [-0.15, -0.1) is 0 Å². The van der Waals surface area contributed by atoms with Crippen molar-refractivity contribution in [3.63, 3.8) is 0 Å².